The molecule has 0 fully saturated rings. The van der Waals surface area contributed by atoms with E-state index >= 15 is 0 Å². The predicted molar refractivity (Wildman–Crippen MR) is 105 cm³/mol. The number of nitro groups is 1. The number of carbonyl (C=O) groups is 1. The fraction of sp³-hybridized carbons (Fsp3) is 0.100. The quantitative estimate of drug-likeness (QED) is 0.408. The first kappa shape index (κ1) is 18.2. The molecule has 4 rings (SSSR count). The van der Waals surface area contributed by atoms with Crippen LogP contribution in [0.2, 0.25) is 0 Å². The van der Waals surface area contributed by atoms with Gasteiger partial charge in [-0.15, -0.1) is 0 Å². The third-order valence-electron chi connectivity index (χ3n) is 4.29. The minimum absolute atomic E-state index is 0.0165. The molecule has 1 aliphatic heterocycles. The van der Waals surface area contributed by atoms with Crippen molar-refractivity contribution >= 4 is 17.8 Å². The SMILES string of the molecule is O=C(NN=Cc1cccn1-c1ccc([N+](=O)[O-])cc1)c1ccc2c(c1)OCCO2. The monoisotopic (exact) mass is 392 g/mol. The highest BCUT2D eigenvalue weighted by molar-refractivity contribution is 5.95. The van der Waals surface area contributed by atoms with Gasteiger partial charge >= 0.3 is 0 Å². The maximum atomic E-state index is 12.3. The summed E-state index contributed by atoms with van der Waals surface area (Å²) < 4.78 is 12.7. The molecule has 29 heavy (non-hydrogen) atoms. The number of amides is 1. The average molecular weight is 392 g/mol. The van der Waals surface area contributed by atoms with Crippen LogP contribution in [0.15, 0.2) is 65.9 Å². The maximum absolute atomic E-state index is 12.3. The summed E-state index contributed by atoms with van der Waals surface area (Å²) in [4.78, 5) is 22.7. The Morgan fingerprint density at radius 1 is 1.10 bits per heavy atom. The zero-order valence-electron chi connectivity index (χ0n) is 15.1. The largest absolute Gasteiger partial charge is 0.486 e. The highest BCUT2D eigenvalue weighted by Crippen LogP contribution is 2.30. The fourth-order valence-corrected chi connectivity index (χ4v) is 2.88. The highest BCUT2D eigenvalue weighted by atomic mass is 16.6. The van der Waals surface area contributed by atoms with E-state index in [1.165, 1.54) is 18.3 Å². The van der Waals surface area contributed by atoms with Crippen LogP contribution in [-0.2, 0) is 0 Å². The van der Waals surface area contributed by atoms with E-state index in [2.05, 4.69) is 10.5 Å². The summed E-state index contributed by atoms with van der Waals surface area (Å²) in [5.74, 6) is 0.754. The maximum Gasteiger partial charge on any atom is 0.271 e. The number of nitro benzene ring substituents is 1. The zero-order chi connectivity index (χ0) is 20.2. The molecule has 1 amide bonds. The molecule has 1 aromatic heterocycles. The molecule has 9 heteroatoms. The van der Waals surface area contributed by atoms with E-state index in [9.17, 15) is 14.9 Å². The van der Waals surface area contributed by atoms with Gasteiger partial charge in [0.05, 0.1) is 16.8 Å². The fourth-order valence-electron chi connectivity index (χ4n) is 2.88. The predicted octanol–water partition coefficient (Wildman–Crippen LogP) is 2.92. The Hall–Kier alpha value is -4.14. The smallest absolute Gasteiger partial charge is 0.271 e. The Labute approximate surface area is 165 Å². The van der Waals surface area contributed by atoms with Crippen molar-refractivity contribution in [1.82, 2.24) is 9.99 Å². The summed E-state index contributed by atoms with van der Waals surface area (Å²) in [6.45, 7) is 0.924. The number of nitrogens with zero attached hydrogens (tertiary/aromatic N) is 3. The van der Waals surface area contributed by atoms with Crippen molar-refractivity contribution in [3.05, 3.63) is 82.2 Å². The van der Waals surface area contributed by atoms with Gasteiger partial charge in [0, 0.05) is 29.6 Å². The number of hydrogen-bond acceptors (Lipinski definition) is 6. The van der Waals surface area contributed by atoms with Gasteiger partial charge in [0.25, 0.3) is 11.6 Å². The van der Waals surface area contributed by atoms with E-state index in [4.69, 9.17) is 9.47 Å². The van der Waals surface area contributed by atoms with E-state index in [1.54, 1.807) is 47.2 Å². The second-order valence-electron chi connectivity index (χ2n) is 6.13. The van der Waals surface area contributed by atoms with Gasteiger partial charge in [-0.3, -0.25) is 14.9 Å². The van der Waals surface area contributed by atoms with Gasteiger partial charge in [-0.2, -0.15) is 5.10 Å². The van der Waals surface area contributed by atoms with Crippen molar-refractivity contribution in [1.29, 1.82) is 0 Å². The topological polar surface area (TPSA) is 108 Å². The summed E-state index contributed by atoms with van der Waals surface area (Å²) in [7, 11) is 0. The molecule has 0 spiro atoms. The molecule has 3 aromatic rings. The number of benzene rings is 2. The van der Waals surface area contributed by atoms with Gasteiger partial charge in [0.15, 0.2) is 11.5 Å². The van der Waals surface area contributed by atoms with Crippen molar-refractivity contribution in [2.75, 3.05) is 13.2 Å². The first-order valence-electron chi connectivity index (χ1n) is 8.77. The minimum atomic E-state index is -0.449. The van der Waals surface area contributed by atoms with Gasteiger partial charge in [0.2, 0.25) is 0 Å². The third kappa shape index (κ3) is 3.93. The van der Waals surface area contributed by atoms with Crippen molar-refractivity contribution < 1.29 is 19.2 Å². The normalized spacial score (nSPS) is 12.7. The molecule has 146 valence electrons. The minimum Gasteiger partial charge on any atom is -0.486 e. The zero-order valence-corrected chi connectivity index (χ0v) is 15.1. The molecule has 0 radical (unpaired) electrons. The van der Waals surface area contributed by atoms with E-state index in [0.29, 0.717) is 36.0 Å². The summed E-state index contributed by atoms with van der Waals surface area (Å²) in [5.41, 5.74) is 4.33. The van der Waals surface area contributed by atoms with Gasteiger partial charge < -0.3 is 14.0 Å². The standard InChI is InChI=1S/C20H16N4O5/c25-20(14-3-8-18-19(12-14)29-11-10-28-18)22-21-13-17-2-1-9-23(17)15-4-6-16(7-5-15)24(26)27/h1-9,12-13H,10-11H2,(H,22,25). The molecule has 0 unspecified atom stereocenters. The van der Waals surface area contributed by atoms with Crippen LogP contribution in [0.1, 0.15) is 16.1 Å². The molecular formula is C20H16N4O5. The number of rotatable bonds is 5. The first-order chi connectivity index (χ1) is 14.1. The van der Waals surface area contributed by atoms with Gasteiger partial charge in [-0.1, -0.05) is 0 Å². The number of non-ortho nitro benzene ring substituents is 1. The van der Waals surface area contributed by atoms with Crippen LogP contribution < -0.4 is 14.9 Å². The average Bonchev–Trinajstić information content (AvgIpc) is 3.22. The van der Waals surface area contributed by atoms with Crippen LogP contribution in [-0.4, -0.2) is 34.8 Å². The first-order valence-corrected chi connectivity index (χ1v) is 8.77. The molecule has 9 nitrogen and oxygen atoms in total. The van der Waals surface area contributed by atoms with Crippen LogP contribution in [0, 0.1) is 10.1 Å². The van der Waals surface area contributed by atoms with Crippen molar-refractivity contribution in [2.24, 2.45) is 5.10 Å². The van der Waals surface area contributed by atoms with Crippen LogP contribution >= 0.6 is 0 Å². The van der Waals surface area contributed by atoms with Crippen LogP contribution in [0.5, 0.6) is 11.5 Å². The lowest BCUT2D eigenvalue weighted by atomic mass is 10.2. The molecule has 0 saturated carbocycles. The van der Waals surface area contributed by atoms with Crippen LogP contribution in [0.4, 0.5) is 5.69 Å². The second-order valence-corrected chi connectivity index (χ2v) is 6.13. The number of ether oxygens (including phenoxy) is 2. The molecule has 1 N–H and O–H groups in total. The molecular weight excluding hydrogens is 376 g/mol. The van der Waals surface area contributed by atoms with E-state index in [0.717, 1.165) is 5.69 Å². The Morgan fingerprint density at radius 2 is 1.86 bits per heavy atom. The number of aromatic nitrogens is 1. The lowest BCUT2D eigenvalue weighted by Gasteiger charge is -2.18. The highest BCUT2D eigenvalue weighted by Gasteiger charge is 2.14. The third-order valence-corrected chi connectivity index (χ3v) is 4.29. The number of fused-ring (bicyclic) bond motifs is 1. The number of carbonyl (C=O) groups excluding carboxylic acids is 1. The van der Waals surface area contributed by atoms with Crippen LogP contribution in [0.25, 0.3) is 5.69 Å². The summed E-state index contributed by atoms with van der Waals surface area (Å²) in [6.07, 6.45) is 3.29. The Morgan fingerprint density at radius 3 is 2.62 bits per heavy atom. The van der Waals surface area contributed by atoms with Crippen molar-refractivity contribution in [2.45, 2.75) is 0 Å². The van der Waals surface area contributed by atoms with Gasteiger partial charge in [0.1, 0.15) is 13.2 Å². The van der Waals surface area contributed by atoms with E-state index in [1.807, 2.05) is 6.07 Å². The second kappa shape index (κ2) is 7.85. The lowest BCUT2D eigenvalue weighted by molar-refractivity contribution is -0.384. The molecule has 1 aliphatic rings. The molecule has 0 saturated heterocycles. The molecule has 0 atom stereocenters. The van der Waals surface area contributed by atoms with Gasteiger partial charge in [-0.25, -0.2) is 5.43 Å². The molecule has 0 aliphatic carbocycles. The molecule has 0 bridgehead atoms. The summed E-state index contributed by atoms with van der Waals surface area (Å²) >= 11 is 0. The molecule has 2 aromatic carbocycles. The van der Waals surface area contributed by atoms with E-state index < -0.39 is 4.92 Å². The number of hydrogen-bond donors (Lipinski definition) is 1. The molecule has 2 heterocycles. The summed E-state index contributed by atoms with van der Waals surface area (Å²) in [5, 5.41) is 14.8. The summed E-state index contributed by atoms with van der Waals surface area (Å²) in [6, 6.07) is 14.7. The van der Waals surface area contributed by atoms with E-state index in [-0.39, 0.29) is 11.6 Å². The van der Waals surface area contributed by atoms with Crippen LogP contribution in [0.3, 0.4) is 0 Å². The van der Waals surface area contributed by atoms with Crippen molar-refractivity contribution in [3.8, 4) is 17.2 Å². The number of nitrogens with one attached hydrogen (secondary N) is 1. The lowest BCUT2D eigenvalue weighted by Crippen LogP contribution is -2.19. The Bertz CT molecular complexity index is 1090. The Kier molecular flexibility index (Phi) is 4.93. The number of hydrazone groups is 1. The van der Waals surface area contributed by atoms with Crippen molar-refractivity contribution in [3.63, 3.8) is 0 Å². The Balaban J connectivity index is 1.46. The van der Waals surface area contributed by atoms with Gasteiger partial charge in [-0.05, 0) is 42.5 Å².